The summed E-state index contributed by atoms with van der Waals surface area (Å²) in [5.74, 6) is -5.47. The summed E-state index contributed by atoms with van der Waals surface area (Å²) in [5, 5.41) is 0. The molecule has 60 valence electrons. The fourth-order valence-electron chi connectivity index (χ4n) is 0.789. The van der Waals surface area contributed by atoms with Gasteiger partial charge >= 0.3 is 0 Å². The maximum Gasteiger partial charge on any atom is 0.266 e. The second kappa shape index (κ2) is 2.60. The van der Waals surface area contributed by atoms with E-state index < -0.39 is 29.8 Å². The van der Waals surface area contributed by atoms with Crippen LogP contribution in [-0.4, -0.2) is 23.9 Å². The van der Waals surface area contributed by atoms with Gasteiger partial charge in [-0.1, -0.05) is 0 Å². The van der Waals surface area contributed by atoms with Crippen LogP contribution >= 0.6 is 11.8 Å². The van der Waals surface area contributed by atoms with E-state index in [1.165, 1.54) is 0 Å². The Morgan fingerprint density at radius 2 is 2.10 bits per heavy atom. The highest BCUT2D eigenvalue weighted by Crippen LogP contribution is 2.44. The lowest BCUT2D eigenvalue weighted by Gasteiger charge is -2.14. The molecule has 1 aliphatic heterocycles. The second-order valence-corrected chi connectivity index (χ2v) is 3.26. The number of thioether (sulfide) groups is 1. The molecule has 2 unspecified atom stereocenters. The van der Waals surface area contributed by atoms with Crippen molar-refractivity contribution >= 4 is 11.8 Å². The molecule has 0 aromatic heterocycles. The van der Waals surface area contributed by atoms with Crippen molar-refractivity contribution < 1.29 is 17.6 Å². The van der Waals surface area contributed by atoms with Gasteiger partial charge in [0.2, 0.25) is 0 Å². The third-order valence-electron chi connectivity index (χ3n) is 1.46. The number of halogens is 4. The van der Waals surface area contributed by atoms with Crippen LogP contribution in [0.5, 0.6) is 0 Å². The van der Waals surface area contributed by atoms with E-state index >= 15 is 0 Å². The molecule has 10 heavy (non-hydrogen) atoms. The van der Waals surface area contributed by atoms with Gasteiger partial charge in [0.25, 0.3) is 5.92 Å². The zero-order valence-corrected chi connectivity index (χ0v) is 5.81. The molecule has 0 aromatic rings. The molecule has 2 atom stereocenters. The second-order valence-electron chi connectivity index (χ2n) is 2.18. The van der Waals surface area contributed by atoms with Crippen molar-refractivity contribution in [3.05, 3.63) is 0 Å². The number of alkyl halides is 4. The van der Waals surface area contributed by atoms with E-state index in [0.717, 1.165) is 0 Å². The van der Waals surface area contributed by atoms with Gasteiger partial charge in [0.1, 0.15) is 6.67 Å². The summed E-state index contributed by atoms with van der Waals surface area (Å²) in [4.78, 5) is 0. The van der Waals surface area contributed by atoms with Crippen LogP contribution in [0.1, 0.15) is 0 Å². The molecule has 0 nitrogen and oxygen atoms in total. The van der Waals surface area contributed by atoms with Crippen molar-refractivity contribution in [1.29, 1.82) is 0 Å². The lowest BCUT2D eigenvalue weighted by Crippen LogP contribution is -2.30. The molecule has 0 N–H and O–H groups in total. The van der Waals surface area contributed by atoms with Crippen molar-refractivity contribution in [3.63, 3.8) is 0 Å². The third-order valence-corrected chi connectivity index (χ3v) is 2.66. The van der Waals surface area contributed by atoms with Crippen LogP contribution in [0.3, 0.4) is 0 Å². The first-order valence-corrected chi connectivity index (χ1v) is 3.82. The van der Waals surface area contributed by atoms with Crippen LogP contribution < -0.4 is 0 Å². The smallest absolute Gasteiger partial charge is 0.250 e. The Labute approximate surface area is 60.0 Å². The van der Waals surface area contributed by atoms with Crippen LogP contribution in [0.2, 0.25) is 0 Å². The van der Waals surface area contributed by atoms with E-state index in [4.69, 9.17) is 0 Å². The van der Waals surface area contributed by atoms with Gasteiger partial charge in [-0.3, -0.25) is 4.39 Å². The molecule has 0 saturated carbocycles. The van der Waals surface area contributed by atoms with E-state index in [-0.39, 0.29) is 0 Å². The quantitative estimate of drug-likeness (QED) is 0.549. The Bertz CT molecular complexity index is 127. The van der Waals surface area contributed by atoms with Crippen LogP contribution in [-0.2, 0) is 0 Å². The molecule has 1 aliphatic rings. The first-order valence-electron chi connectivity index (χ1n) is 2.77. The molecule has 1 fully saturated rings. The van der Waals surface area contributed by atoms with Crippen LogP contribution in [0.4, 0.5) is 17.6 Å². The number of rotatable bonds is 1. The van der Waals surface area contributed by atoms with Crippen molar-refractivity contribution in [3.8, 4) is 0 Å². The van der Waals surface area contributed by atoms with E-state index in [1.807, 2.05) is 0 Å². The van der Waals surface area contributed by atoms with E-state index in [1.54, 1.807) is 0 Å². The Kier molecular flexibility index (Phi) is 2.12. The minimum absolute atomic E-state index is 0.480. The van der Waals surface area contributed by atoms with Crippen LogP contribution in [0.25, 0.3) is 0 Å². The Morgan fingerprint density at radius 3 is 2.30 bits per heavy atom. The van der Waals surface area contributed by atoms with Gasteiger partial charge in [-0.25, -0.2) is 13.2 Å². The summed E-state index contributed by atoms with van der Waals surface area (Å²) < 4.78 is 48.8. The van der Waals surface area contributed by atoms with Gasteiger partial charge in [0.05, 0.1) is 11.7 Å². The predicted octanol–water partition coefficient (Wildman–Crippen LogP) is 2.25. The average molecular weight is 174 g/mol. The molecule has 0 radical (unpaired) electrons. The zero-order valence-electron chi connectivity index (χ0n) is 4.99. The van der Waals surface area contributed by atoms with E-state index in [0.29, 0.717) is 11.8 Å². The Hall–Kier alpha value is 0.0700. The normalized spacial score (nSPS) is 38.4. The monoisotopic (exact) mass is 174 g/mol. The van der Waals surface area contributed by atoms with Crippen LogP contribution in [0.15, 0.2) is 0 Å². The van der Waals surface area contributed by atoms with Crippen molar-refractivity contribution in [2.45, 2.75) is 11.4 Å². The molecule has 0 bridgehead atoms. The summed E-state index contributed by atoms with van der Waals surface area (Å²) >= 11 is 0.480. The van der Waals surface area contributed by atoms with Gasteiger partial charge in [0, 0.05) is 0 Å². The van der Waals surface area contributed by atoms with Crippen molar-refractivity contribution in [2.24, 2.45) is 5.92 Å². The minimum Gasteiger partial charge on any atom is -0.250 e. The van der Waals surface area contributed by atoms with E-state index in [9.17, 15) is 17.6 Å². The molecule has 1 rings (SSSR count). The highest BCUT2D eigenvalue weighted by Gasteiger charge is 2.51. The summed E-state index contributed by atoms with van der Waals surface area (Å²) in [5.41, 5.74) is -1.74. The largest absolute Gasteiger partial charge is 0.266 e. The lowest BCUT2D eigenvalue weighted by atomic mass is 10.1. The van der Waals surface area contributed by atoms with Crippen molar-refractivity contribution in [2.75, 3.05) is 12.4 Å². The maximum absolute atomic E-state index is 12.4. The topological polar surface area (TPSA) is 0 Å². The summed E-state index contributed by atoms with van der Waals surface area (Å²) in [6, 6.07) is 0. The molecule has 1 saturated heterocycles. The summed E-state index contributed by atoms with van der Waals surface area (Å²) in [6.07, 6.45) is 0. The first kappa shape index (κ1) is 8.17. The summed E-state index contributed by atoms with van der Waals surface area (Å²) in [7, 11) is 0. The minimum atomic E-state index is -3.15. The SMILES string of the molecule is FCC1C(F)SCC1(F)F. The summed E-state index contributed by atoms with van der Waals surface area (Å²) in [6.45, 7) is -1.28. The highest BCUT2D eigenvalue weighted by atomic mass is 32.2. The third kappa shape index (κ3) is 1.24. The van der Waals surface area contributed by atoms with Crippen molar-refractivity contribution in [1.82, 2.24) is 0 Å². The predicted molar refractivity (Wildman–Crippen MR) is 31.8 cm³/mol. The van der Waals surface area contributed by atoms with E-state index in [2.05, 4.69) is 0 Å². The fraction of sp³-hybridized carbons (Fsp3) is 1.00. The first-order chi connectivity index (χ1) is 4.58. The van der Waals surface area contributed by atoms with Gasteiger partial charge in [-0.15, -0.1) is 11.8 Å². The molecule has 0 spiro atoms. The molecule has 0 aliphatic carbocycles. The Morgan fingerprint density at radius 1 is 1.50 bits per heavy atom. The molecule has 5 heteroatoms. The lowest BCUT2D eigenvalue weighted by molar-refractivity contribution is -0.0467. The number of hydrogen-bond acceptors (Lipinski definition) is 1. The van der Waals surface area contributed by atoms with Gasteiger partial charge in [0.15, 0.2) is 5.50 Å². The molecule has 1 heterocycles. The molecular formula is C5H6F4S. The van der Waals surface area contributed by atoms with Gasteiger partial charge < -0.3 is 0 Å². The Balaban J connectivity index is 2.63. The van der Waals surface area contributed by atoms with Gasteiger partial charge in [-0.2, -0.15) is 0 Å². The molecular weight excluding hydrogens is 168 g/mol. The average Bonchev–Trinajstić information content (AvgIpc) is 2.07. The highest BCUT2D eigenvalue weighted by molar-refractivity contribution is 8.00. The molecule has 0 aromatic carbocycles. The zero-order chi connectivity index (χ0) is 7.78. The standard InChI is InChI=1S/C5H6F4S/c6-1-3-4(7)10-2-5(3,8)9/h3-4H,1-2H2. The fourth-order valence-corrected chi connectivity index (χ4v) is 1.89. The molecule has 0 amide bonds. The maximum atomic E-state index is 12.4. The van der Waals surface area contributed by atoms with Gasteiger partial charge in [-0.05, 0) is 0 Å². The number of hydrogen-bond donors (Lipinski definition) is 0. The van der Waals surface area contributed by atoms with Crippen LogP contribution in [0, 0.1) is 5.92 Å².